The number of hydrogen-bond acceptors (Lipinski definition) is 3. The maximum atomic E-state index is 11.4. The van der Waals surface area contributed by atoms with Crippen molar-refractivity contribution < 1.29 is 9.90 Å². The van der Waals surface area contributed by atoms with E-state index in [9.17, 15) is 4.79 Å². The smallest absolute Gasteiger partial charge is 0.220 e. The Bertz CT molecular complexity index is 320. The van der Waals surface area contributed by atoms with Crippen molar-refractivity contribution >= 4 is 17.2 Å². The lowest BCUT2D eigenvalue weighted by atomic mass is 9.91. The van der Waals surface area contributed by atoms with Crippen LogP contribution in [0.4, 0.5) is 0 Å². The zero-order valence-corrected chi connectivity index (χ0v) is 10.6. The van der Waals surface area contributed by atoms with Crippen LogP contribution in [-0.4, -0.2) is 24.2 Å². The summed E-state index contributed by atoms with van der Waals surface area (Å²) in [5.41, 5.74) is -0.0248. The van der Waals surface area contributed by atoms with Crippen LogP contribution in [0.1, 0.15) is 31.6 Å². The molecule has 4 heteroatoms. The van der Waals surface area contributed by atoms with Crippen molar-refractivity contribution in [1.29, 1.82) is 0 Å². The second-order valence-corrected chi connectivity index (χ2v) is 5.41. The highest BCUT2D eigenvalue weighted by Gasteiger charge is 2.22. The molecule has 1 aromatic rings. The second kappa shape index (κ2) is 6.01. The predicted molar refractivity (Wildman–Crippen MR) is 66.7 cm³/mol. The van der Waals surface area contributed by atoms with E-state index in [1.54, 1.807) is 11.3 Å². The molecular formula is C12H19NO2S. The highest BCUT2D eigenvalue weighted by atomic mass is 32.1. The molecule has 0 saturated carbocycles. The normalized spacial score (nSPS) is 11.4. The zero-order valence-electron chi connectivity index (χ0n) is 9.82. The van der Waals surface area contributed by atoms with Gasteiger partial charge in [-0.25, -0.2) is 0 Å². The topological polar surface area (TPSA) is 49.3 Å². The number of aliphatic hydroxyl groups excluding tert-OH is 1. The lowest BCUT2D eigenvalue weighted by Crippen LogP contribution is -2.36. The SMILES string of the molecule is CC(C)(CNC(=O)CCCO)c1cccs1. The van der Waals surface area contributed by atoms with Gasteiger partial charge in [-0.2, -0.15) is 0 Å². The molecule has 0 unspecified atom stereocenters. The molecule has 0 radical (unpaired) electrons. The average molecular weight is 241 g/mol. The third kappa shape index (κ3) is 3.94. The van der Waals surface area contributed by atoms with Gasteiger partial charge in [0.2, 0.25) is 5.91 Å². The van der Waals surface area contributed by atoms with Gasteiger partial charge < -0.3 is 10.4 Å². The van der Waals surface area contributed by atoms with Crippen LogP contribution in [0.2, 0.25) is 0 Å². The Morgan fingerprint density at radius 2 is 2.31 bits per heavy atom. The lowest BCUT2D eigenvalue weighted by molar-refractivity contribution is -0.121. The quantitative estimate of drug-likeness (QED) is 0.799. The number of amides is 1. The minimum Gasteiger partial charge on any atom is -0.396 e. The number of thiophene rings is 1. The van der Waals surface area contributed by atoms with Gasteiger partial charge in [-0.15, -0.1) is 11.3 Å². The molecule has 1 heterocycles. The van der Waals surface area contributed by atoms with Gasteiger partial charge in [0, 0.05) is 29.9 Å². The van der Waals surface area contributed by atoms with Crippen molar-refractivity contribution in [2.45, 2.75) is 32.1 Å². The van der Waals surface area contributed by atoms with Crippen LogP contribution in [0, 0.1) is 0 Å². The Morgan fingerprint density at radius 1 is 1.56 bits per heavy atom. The maximum Gasteiger partial charge on any atom is 0.220 e. The Morgan fingerprint density at radius 3 is 2.88 bits per heavy atom. The minimum atomic E-state index is -0.0248. The molecule has 2 N–H and O–H groups in total. The fraction of sp³-hybridized carbons (Fsp3) is 0.583. The van der Waals surface area contributed by atoms with Gasteiger partial charge in [-0.1, -0.05) is 19.9 Å². The number of hydrogen-bond donors (Lipinski definition) is 2. The summed E-state index contributed by atoms with van der Waals surface area (Å²) < 4.78 is 0. The highest BCUT2D eigenvalue weighted by molar-refractivity contribution is 7.10. The van der Waals surface area contributed by atoms with Gasteiger partial charge >= 0.3 is 0 Å². The Balaban J connectivity index is 2.39. The van der Waals surface area contributed by atoms with Crippen LogP contribution >= 0.6 is 11.3 Å². The molecule has 0 spiro atoms. The molecule has 1 aromatic heterocycles. The van der Waals surface area contributed by atoms with Crippen LogP contribution in [0.5, 0.6) is 0 Å². The Labute approximate surface area is 100 Å². The van der Waals surface area contributed by atoms with E-state index in [0.29, 0.717) is 19.4 Å². The van der Waals surface area contributed by atoms with E-state index in [1.165, 1.54) is 4.88 Å². The van der Waals surface area contributed by atoms with E-state index < -0.39 is 0 Å². The summed E-state index contributed by atoms with van der Waals surface area (Å²) in [7, 11) is 0. The van der Waals surface area contributed by atoms with Crippen LogP contribution < -0.4 is 5.32 Å². The summed E-state index contributed by atoms with van der Waals surface area (Å²) in [6, 6.07) is 4.11. The van der Waals surface area contributed by atoms with E-state index in [0.717, 1.165) is 0 Å². The van der Waals surface area contributed by atoms with Gasteiger partial charge in [0.25, 0.3) is 0 Å². The van der Waals surface area contributed by atoms with E-state index in [2.05, 4.69) is 25.2 Å². The van der Waals surface area contributed by atoms with Gasteiger partial charge in [-0.3, -0.25) is 4.79 Å². The summed E-state index contributed by atoms with van der Waals surface area (Å²) in [6.45, 7) is 4.94. The fourth-order valence-corrected chi connectivity index (χ4v) is 2.25. The van der Waals surface area contributed by atoms with E-state index in [4.69, 9.17) is 5.11 Å². The van der Waals surface area contributed by atoms with Crippen LogP contribution in [0.3, 0.4) is 0 Å². The standard InChI is InChI=1S/C12H19NO2S/c1-12(2,10-5-4-8-16-10)9-13-11(15)6-3-7-14/h4-5,8,14H,3,6-7,9H2,1-2H3,(H,13,15). The molecule has 0 fully saturated rings. The number of rotatable bonds is 6. The number of carbonyl (C=O) groups excluding carboxylic acids is 1. The lowest BCUT2D eigenvalue weighted by Gasteiger charge is -2.23. The van der Waals surface area contributed by atoms with E-state index in [-0.39, 0.29) is 17.9 Å². The average Bonchev–Trinajstić information content (AvgIpc) is 2.77. The van der Waals surface area contributed by atoms with Crippen LogP contribution in [0.25, 0.3) is 0 Å². The zero-order chi connectivity index (χ0) is 12.0. The molecule has 0 aliphatic heterocycles. The van der Waals surface area contributed by atoms with Crippen LogP contribution in [-0.2, 0) is 10.2 Å². The molecule has 0 saturated heterocycles. The first kappa shape index (κ1) is 13.2. The van der Waals surface area contributed by atoms with Crippen molar-refractivity contribution in [3.63, 3.8) is 0 Å². The minimum absolute atomic E-state index is 0.0127. The van der Waals surface area contributed by atoms with Crippen molar-refractivity contribution in [3.8, 4) is 0 Å². The maximum absolute atomic E-state index is 11.4. The van der Waals surface area contributed by atoms with Crippen molar-refractivity contribution in [3.05, 3.63) is 22.4 Å². The molecule has 3 nitrogen and oxygen atoms in total. The monoisotopic (exact) mass is 241 g/mol. The molecule has 1 amide bonds. The summed E-state index contributed by atoms with van der Waals surface area (Å²) >= 11 is 1.71. The van der Waals surface area contributed by atoms with Crippen molar-refractivity contribution in [2.75, 3.05) is 13.2 Å². The molecule has 0 aliphatic carbocycles. The molecule has 0 bridgehead atoms. The van der Waals surface area contributed by atoms with Crippen LogP contribution in [0.15, 0.2) is 17.5 Å². The molecule has 90 valence electrons. The first-order valence-corrected chi connectivity index (χ1v) is 6.36. The predicted octanol–water partition coefficient (Wildman–Crippen LogP) is 1.91. The molecule has 16 heavy (non-hydrogen) atoms. The summed E-state index contributed by atoms with van der Waals surface area (Å²) in [5, 5.41) is 13.6. The summed E-state index contributed by atoms with van der Waals surface area (Å²) in [5.74, 6) is 0.0127. The first-order chi connectivity index (χ1) is 7.56. The molecule has 0 aliphatic rings. The molecular weight excluding hydrogens is 222 g/mol. The van der Waals surface area contributed by atoms with E-state index >= 15 is 0 Å². The summed E-state index contributed by atoms with van der Waals surface area (Å²) in [4.78, 5) is 12.7. The Hall–Kier alpha value is -0.870. The molecule has 1 rings (SSSR count). The van der Waals surface area contributed by atoms with Crippen molar-refractivity contribution in [1.82, 2.24) is 5.32 Å². The third-order valence-electron chi connectivity index (χ3n) is 2.48. The summed E-state index contributed by atoms with van der Waals surface area (Å²) in [6.07, 6.45) is 0.933. The second-order valence-electron chi connectivity index (χ2n) is 4.47. The molecule has 0 aromatic carbocycles. The largest absolute Gasteiger partial charge is 0.396 e. The van der Waals surface area contributed by atoms with Gasteiger partial charge in [0.05, 0.1) is 0 Å². The molecule has 0 atom stereocenters. The van der Waals surface area contributed by atoms with Crippen molar-refractivity contribution in [2.24, 2.45) is 0 Å². The fourth-order valence-electron chi connectivity index (χ4n) is 1.40. The number of carbonyl (C=O) groups is 1. The Kier molecular flexibility index (Phi) is 4.96. The van der Waals surface area contributed by atoms with Gasteiger partial charge in [-0.05, 0) is 17.9 Å². The van der Waals surface area contributed by atoms with E-state index in [1.807, 2.05) is 11.4 Å². The van der Waals surface area contributed by atoms with Gasteiger partial charge in [0.1, 0.15) is 0 Å². The first-order valence-electron chi connectivity index (χ1n) is 5.48. The highest BCUT2D eigenvalue weighted by Crippen LogP contribution is 2.26. The number of aliphatic hydroxyl groups is 1. The number of nitrogens with one attached hydrogen (secondary N) is 1. The third-order valence-corrected chi connectivity index (χ3v) is 3.71. The van der Waals surface area contributed by atoms with Gasteiger partial charge in [0.15, 0.2) is 0 Å².